The van der Waals surface area contributed by atoms with Crippen LogP contribution < -0.4 is 20.1 Å². The Kier molecular flexibility index (Phi) is 5.78. The van der Waals surface area contributed by atoms with Gasteiger partial charge in [0.15, 0.2) is 5.82 Å². The van der Waals surface area contributed by atoms with Gasteiger partial charge in [-0.3, -0.25) is 9.78 Å². The van der Waals surface area contributed by atoms with Gasteiger partial charge in [0, 0.05) is 18.9 Å². The molecule has 0 unspecified atom stereocenters. The first-order valence-electron chi connectivity index (χ1n) is 8.20. The third-order valence-corrected chi connectivity index (χ3v) is 3.78. The highest BCUT2D eigenvalue weighted by molar-refractivity contribution is 6.07. The monoisotopic (exact) mass is 365 g/mol. The summed E-state index contributed by atoms with van der Waals surface area (Å²) in [6, 6.07) is 12.4. The Bertz CT molecular complexity index is 879. The number of ether oxygens (including phenoxy) is 2. The molecule has 0 saturated heterocycles. The molecule has 0 radical (unpaired) electrons. The van der Waals surface area contributed by atoms with Gasteiger partial charge in [0.2, 0.25) is 0 Å². The molecular weight excluding hydrogens is 346 g/mol. The molecule has 8 heteroatoms. The van der Waals surface area contributed by atoms with Crippen molar-refractivity contribution in [2.24, 2.45) is 0 Å². The molecule has 2 aromatic heterocycles. The number of anilines is 2. The molecule has 0 fully saturated rings. The molecule has 3 aromatic rings. The van der Waals surface area contributed by atoms with Crippen LogP contribution in [0.3, 0.4) is 0 Å². The van der Waals surface area contributed by atoms with E-state index in [2.05, 4.69) is 25.8 Å². The number of pyridine rings is 1. The van der Waals surface area contributed by atoms with Crippen LogP contribution in [0.4, 0.5) is 11.6 Å². The summed E-state index contributed by atoms with van der Waals surface area (Å²) < 4.78 is 10.5. The normalized spacial score (nSPS) is 10.1. The number of carbonyl (C=O) groups is 1. The van der Waals surface area contributed by atoms with E-state index in [0.29, 0.717) is 35.2 Å². The molecule has 27 heavy (non-hydrogen) atoms. The zero-order chi connectivity index (χ0) is 19.1. The number of nitrogens with zero attached hydrogens (tertiary/aromatic N) is 3. The summed E-state index contributed by atoms with van der Waals surface area (Å²) >= 11 is 0. The summed E-state index contributed by atoms with van der Waals surface area (Å²) in [6.45, 7) is 0.599. The minimum atomic E-state index is -0.393. The van der Waals surface area contributed by atoms with Crippen LogP contribution in [0.2, 0.25) is 0 Å². The van der Waals surface area contributed by atoms with Gasteiger partial charge in [-0.2, -0.15) is 0 Å². The predicted octanol–water partition coefficient (Wildman–Crippen LogP) is 2.75. The molecule has 1 amide bonds. The molecule has 0 atom stereocenters. The first-order valence-corrected chi connectivity index (χ1v) is 8.20. The van der Waals surface area contributed by atoms with E-state index in [9.17, 15) is 4.79 Å². The molecule has 0 bridgehead atoms. The number of hydrogen-bond acceptors (Lipinski definition) is 7. The Labute approximate surface area is 156 Å². The van der Waals surface area contributed by atoms with Crippen molar-refractivity contribution in [3.8, 4) is 11.5 Å². The number of hydrogen-bond donors (Lipinski definition) is 2. The van der Waals surface area contributed by atoms with E-state index >= 15 is 0 Å². The molecule has 0 saturated carbocycles. The average Bonchev–Trinajstić information content (AvgIpc) is 2.73. The summed E-state index contributed by atoms with van der Waals surface area (Å²) in [6.07, 6.45) is 3.46. The van der Waals surface area contributed by atoms with Crippen LogP contribution in [0.1, 0.15) is 15.9 Å². The Balaban J connectivity index is 1.67. The van der Waals surface area contributed by atoms with Crippen LogP contribution in [-0.2, 0) is 6.54 Å². The Morgan fingerprint density at radius 3 is 2.15 bits per heavy atom. The molecule has 1 aromatic carbocycles. The van der Waals surface area contributed by atoms with Gasteiger partial charge in [-0.15, -0.1) is 10.2 Å². The summed E-state index contributed by atoms with van der Waals surface area (Å²) in [5.74, 6) is 1.35. The molecule has 138 valence electrons. The fourth-order valence-electron chi connectivity index (χ4n) is 2.44. The fourth-order valence-corrected chi connectivity index (χ4v) is 2.44. The van der Waals surface area contributed by atoms with Crippen molar-refractivity contribution in [1.82, 2.24) is 15.2 Å². The lowest BCUT2D eigenvalue weighted by Crippen LogP contribution is -2.16. The molecule has 2 heterocycles. The molecule has 0 spiro atoms. The van der Waals surface area contributed by atoms with E-state index in [-0.39, 0.29) is 0 Å². The van der Waals surface area contributed by atoms with Crippen molar-refractivity contribution < 1.29 is 14.3 Å². The second kappa shape index (κ2) is 8.61. The van der Waals surface area contributed by atoms with Crippen LogP contribution in [0, 0.1) is 0 Å². The van der Waals surface area contributed by atoms with Gasteiger partial charge in [-0.1, -0.05) is 6.07 Å². The van der Waals surface area contributed by atoms with E-state index < -0.39 is 5.91 Å². The lowest BCUT2D eigenvalue weighted by atomic mass is 10.1. The summed E-state index contributed by atoms with van der Waals surface area (Å²) in [5.41, 5.74) is 1.37. The minimum absolute atomic E-state index is 0.296. The zero-order valence-corrected chi connectivity index (χ0v) is 15.0. The number of nitrogens with one attached hydrogen (secondary N) is 2. The molecule has 3 rings (SSSR count). The van der Waals surface area contributed by atoms with Crippen molar-refractivity contribution in [2.45, 2.75) is 6.54 Å². The maximum absolute atomic E-state index is 12.6. The summed E-state index contributed by atoms with van der Waals surface area (Å²) in [4.78, 5) is 16.6. The standard InChI is InChI=1S/C19H19N5O3/c1-26-14-4-3-5-15(27-2)18(14)19(25)22-17-7-6-16(23-24-17)21-12-13-8-10-20-11-9-13/h3-11H,12H2,1-2H3,(H,21,23)(H,22,24,25). The number of amides is 1. The van der Waals surface area contributed by atoms with E-state index in [0.717, 1.165) is 5.56 Å². The summed E-state index contributed by atoms with van der Waals surface area (Å²) in [7, 11) is 2.99. The second-order valence-electron chi connectivity index (χ2n) is 5.50. The highest BCUT2D eigenvalue weighted by atomic mass is 16.5. The molecular formula is C19H19N5O3. The van der Waals surface area contributed by atoms with Crippen molar-refractivity contribution in [3.05, 3.63) is 66.0 Å². The number of aromatic nitrogens is 3. The average molecular weight is 365 g/mol. The van der Waals surface area contributed by atoms with Crippen molar-refractivity contribution in [1.29, 1.82) is 0 Å². The lowest BCUT2D eigenvalue weighted by molar-refractivity contribution is 0.102. The number of rotatable bonds is 7. The van der Waals surface area contributed by atoms with Crippen LogP contribution in [-0.4, -0.2) is 35.3 Å². The van der Waals surface area contributed by atoms with Gasteiger partial charge in [-0.25, -0.2) is 0 Å². The zero-order valence-electron chi connectivity index (χ0n) is 15.0. The minimum Gasteiger partial charge on any atom is -0.496 e. The summed E-state index contributed by atoms with van der Waals surface area (Å²) in [5, 5.41) is 14.0. The third-order valence-electron chi connectivity index (χ3n) is 3.78. The quantitative estimate of drug-likeness (QED) is 0.664. The Hall–Kier alpha value is -3.68. The van der Waals surface area contributed by atoms with Crippen LogP contribution in [0.15, 0.2) is 54.9 Å². The third kappa shape index (κ3) is 4.49. The number of carbonyl (C=O) groups excluding carboxylic acids is 1. The topological polar surface area (TPSA) is 98.3 Å². The Morgan fingerprint density at radius 1 is 0.926 bits per heavy atom. The maximum Gasteiger partial charge on any atom is 0.264 e. The van der Waals surface area contributed by atoms with Gasteiger partial charge in [0.25, 0.3) is 5.91 Å². The fraction of sp³-hybridized carbons (Fsp3) is 0.158. The van der Waals surface area contributed by atoms with Gasteiger partial charge in [0.1, 0.15) is 22.9 Å². The van der Waals surface area contributed by atoms with Crippen LogP contribution >= 0.6 is 0 Å². The van der Waals surface area contributed by atoms with E-state index in [1.807, 2.05) is 12.1 Å². The maximum atomic E-state index is 12.6. The van der Waals surface area contributed by atoms with E-state index in [4.69, 9.17) is 9.47 Å². The molecule has 8 nitrogen and oxygen atoms in total. The number of benzene rings is 1. The van der Waals surface area contributed by atoms with Crippen molar-refractivity contribution >= 4 is 17.5 Å². The van der Waals surface area contributed by atoms with Gasteiger partial charge in [-0.05, 0) is 42.0 Å². The molecule has 0 aliphatic rings. The van der Waals surface area contributed by atoms with Gasteiger partial charge >= 0.3 is 0 Å². The van der Waals surface area contributed by atoms with Crippen molar-refractivity contribution in [2.75, 3.05) is 24.9 Å². The highest BCUT2D eigenvalue weighted by Gasteiger charge is 2.18. The van der Waals surface area contributed by atoms with Gasteiger partial charge < -0.3 is 20.1 Å². The van der Waals surface area contributed by atoms with E-state index in [1.54, 1.807) is 42.7 Å². The van der Waals surface area contributed by atoms with Crippen LogP contribution in [0.5, 0.6) is 11.5 Å². The largest absolute Gasteiger partial charge is 0.496 e. The first-order chi connectivity index (χ1) is 13.2. The van der Waals surface area contributed by atoms with Crippen LogP contribution in [0.25, 0.3) is 0 Å². The highest BCUT2D eigenvalue weighted by Crippen LogP contribution is 2.28. The van der Waals surface area contributed by atoms with Crippen molar-refractivity contribution in [3.63, 3.8) is 0 Å². The Morgan fingerprint density at radius 2 is 1.56 bits per heavy atom. The lowest BCUT2D eigenvalue weighted by Gasteiger charge is -2.12. The number of methoxy groups -OCH3 is 2. The predicted molar refractivity (Wildman–Crippen MR) is 101 cm³/mol. The smallest absolute Gasteiger partial charge is 0.264 e. The second-order valence-corrected chi connectivity index (χ2v) is 5.50. The first kappa shape index (κ1) is 18.1. The molecule has 2 N–H and O–H groups in total. The molecule has 0 aliphatic carbocycles. The SMILES string of the molecule is COc1cccc(OC)c1C(=O)Nc1ccc(NCc2ccncc2)nn1. The van der Waals surface area contributed by atoms with Gasteiger partial charge in [0.05, 0.1) is 14.2 Å². The van der Waals surface area contributed by atoms with E-state index in [1.165, 1.54) is 14.2 Å². The molecule has 0 aliphatic heterocycles.